The van der Waals surface area contributed by atoms with Crippen LogP contribution in [-0.2, 0) is 49.1 Å². The lowest BCUT2D eigenvalue weighted by atomic mass is 9.92. The third-order valence-electron chi connectivity index (χ3n) is 5.56. The summed E-state index contributed by atoms with van der Waals surface area (Å²) in [4.78, 5) is 35.2. The fourth-order valence-electron chi connectivity index (χ4n) is 3.83. The van der Waals surface area contributed by atoms with Gasteiger partial charge >= 0.3 is 28.3 Å². The molecule has 1 saturated heterocycles. The van der Waals surface area contributed by atoms with Crippen LogP contribution >= 0.6 is 15.9 Å². The Bertz CT molecular complexity index is 1300. The Morgan fingerprint density at radius 2 is 1.45 bits per heavy atom. The topological polar surface area (TPSA) is 150 Å². The first kappa shape index (κ1) is 31.2. The fourth-order valence-corrected chi connectivity index (χ4v) is 4.94. The van der Waals surface area contributed by atoms with Gasteiger partial charge in [0, 0.05) is 26.1 Å². The van der Waals surface area contributed by atoms with Crippen molar-refractivity contribution in [1.82, 2.24) is 0 Å². The van der Waals surface area contributed by atoms with Gasteiger partial charge in [0.25, 0.3) is 0 Å². The summed E-state index contributed by atoms with van der Waals surface area (Å²) in [7, 11) is -4.58. The summed E-state index contributed by atoms with van der Waals surface area (Å²) in [5.41, 5.74) is 0.918. The molecule has 12 nitrogen and oxygen atoms in total. The number of ether oxygens (including phenoxy) is 5. The number of hydrogen-bond donors (Lipinski definition) is 0. The number of carbonyl (C=O) groups excluding carboxylic acids is 3. The Morgan fingerprint density at radius 3 is 2.02 bits per heavy atom. The molecule has 1 unspecified atom stereocenters. The Kier molecular flexibility index (Phi) is 10.8. The number of hydrogen-bond acceptors (Lipinski definition) is 12. The van der Waals surface area contributed by atoms with Crippen LogP contribution in [0.25, 0.3) is 0 Å². The van der Waals surface area contributed by atoms with E-state index in [1.54, 1.807) is 25.1 Å². The van der Waals surface area contributed by atoms with E-state index in [0.29, 0.717) is 5.33 Å². The summed E-state index contributed by atoms with van der Waals surface area (Å²) in [5.74, 6) is -2.89. The molecule has 218 valence electrons. The average Bonchev–Trinajstić information content (AvgIpc) is 2.87. The molecule has 1 aliphatic rings. The molecule has 1 fully saturated rings. The van der Waals surface area contributed by atoms with Crippen molar-refractivity contribution in [3.63, 3.8) is 0 Å². The van der Waals surface area contributed by atoms with Gasteiger partial charge in [0.2, 0.25) is 6.29 Å². The molecule has 1 heterocycles. The van der Waals surface area contributed by atoms with Crippen molar-refractivity contribution < 1.29 is 54.9 Å². The van der Waals surface area contributed by atoms with Gasteiger partial charge in [0.15, 0.2) is 17.6 Å². The molecule has 0 aliphatic carbocycles. The summed E-state index contributed by atoms with van der Waals surface area (Å²) >= 11 is 3.31. The average molecular weight is 645 g/mol. The van der Waals surface area contributed by atoms with E-state index in [0.717, 1.165) is 5.56 Å². The van der Waals surface area contributed by atoms with E-state index >= 15 is 0 Å². The Hall–Kier alpha value is -3.36. The molecule has 2 aromatic rings. The van der Waals surface area contributed by atoms with Crippen LogP contribution in [0.15, 0.2) is 48.5 Å². The number of para-hydroxylation sites is 2. The molecule has 0 N–H and O–H groups in total. The first-order valence-electron chi connectivity index (χ1n) is 12.1. The second-order valence-electron chi connectivity index (χ2n) is 8.77. The molecule has 0 amide bonds. The molecule has 0 radical (unpaired) electrons. The van der Waals surface area contributed by atoms with Crippen LogP contribution in [0.2, 0.25) is 0 Å². The zero-order valence-electron chi connectivity index (χ0n) is 22.1. The van der Waals surface area contributed by atoms with Crippen molar-refractivity contribution in [2.45, 2.75) is 57.6 Å². The standard InChI is InChI=1S/C26H29BrO12S/c1-15-24(34-17(3)29)25(35-18(4)30)23(14-33-16(2)28)37-26(15)36-21-7-5-6-8-22(21)39-40(31,32)38-20-11-9-19(13-27)10-12-20/h5-12,15,23-26H,13-14H2,1-4H3/t15-,23+,24+,25-,26?/m0/s1. The maximum Gasteiger partial charge on any atom is 0.501 e. The van der Waals surface area contributed by atoms with Crippen molar-refractivity contribution in [3.05, 3.63) is 54.1 Å². The molecule has 2 aromatic carbocycles. The van der Waals surface area contributed by atoms with Gasteiger partial charge in [-0.1, -0.05) is 47.1 Å². The first-order chi connectivity index (χ1) is 18.9. The van der Waals surface area contributed by atoms with E-state index < -0.39 is 58.8 Å². The van der Waals surface area contributed by atoms with E-state index in [1.807, 2.05) is 0 Å². The SMILES string of the molecule is CC(=O)OC[C@H]1OC(Oc2ccccc2OS(=O)(=O)Oc2ccc(CBr)cc2)[C@@H](C)[C@@H](OC(C)=O)[C@H]1OC(C)=O. The number of rotatable bonds is 11. The van der Waals surface area contributed by atoms with Gasteiger partial charge in [-0.05, 0) is 29.8 Å². The number of benzene rings is 2. The molecular weight excluding hydrogens is 616 g/mol. The highest BCUT2D eigenvalue weighted by atomic mass is 79.9. The van der Waals surface area contributed by atoms with E-state index in [2.05, 4.69) is 15.9 Å². The second kappa shape index (κ2) is 13.8. The molecule has 40 heavy (non-hydrogen) atoms. The Balaban J connectivity index is 1.85. The van der Waals surface area contributed by atoms with Crippen LogP contribution in [0.3, 0.4) is 0 Å². The maximum absolute atomic E-state index is 12.7. The maximum atomic E-state index is 12.7. The minimum atomic E-state index is -4.58. The molecule has 3 rings (SSSR count). The van der Waals surface area contributed by atoms with E-state index in [9.17, 15) is 22.8 Å². The Morgan fingerprint density at radius 1 is 0.850 bits per heavy atom. The van der Waals surface area contributed by atoms with E-state index in [1.165, 1.54) is 51.1 Å². The highest BCUT2D eigenvalue weighted by Gasteiger charge is 2.49. The molecule has 0 aromatic heterocycles. The van der Waals surface area contributed by atoms with Crippen LogP contribution < -0.4 is 13.1 Å². The lowest BCUT2D eigenvalue weighted by Gasteiger charge is -2.43. The molecule has 14 heteroatoms. The minimum Gasteiger partial charge on any atom is -0.463 e. The van der Waals surface area contributed by atoms with Gasteiger partial charge in [0.1, 0.15) is 24.6 Å². The molecule has 0 saturated carbocycles. The summed E-state index contributed by atoms with van der Waals surface area (Å²) in [6.07, 6.45) is -4.43. The van der Waals surface area contributed by atoms with Crippen LogP contribution in [0.1, 0.15) is 33.3 Å². The molecule has 0 bridgehead atoms. The highest BCUT2D eigenvalue weighted by Crippen LogP contribution is 2.36. The van der Waals surface area contributed by atoms with Crippen LogP contribution in [0.5, 0.6) is 17.2 Å². The monoisotopic (exact) mass is 644 g/mol. The van der Waals surface area contributed by atoms with Crippen LogP contribution in [-0.4, -0.2) is 57.5 Å². The zero-order chi connectivity index (χ0) is 29.4. The summed E-state index contributed by atoms with van der Waals surface area (Å²) in [6.45, 7) is 4.83. The van der Waals surface area contributed by atoms with Gasteiger partial charge in [-0.25, -0.2) is 0 Å². The number of alkyl halides is 1. The summed E-state index contributed by atoms with van der Waals surface area (Å²) < 4.78 is 63.4. The van der Waals surface area contributed by atoms with Crippen LogP contribution in [0, 0.1) is 5.92 Å². The number of halogens is 1. The van der Waals surface area contributed by atoms with Crippen molar-refractivity contribution in [2.75, 3.05) is 6.61 Å². The largest absolute Gasteiger partial charge is 0.501 e. The quantitative estimate of drug-likeness (QED) is 0.200. The highest BCUT2D eigenvalue weighted by molar-refractivity contribution is 9.08. The molecule has 5 atom stereocenters. The van der Waals surface area contributed by atoms with E-state index in [-0.39, 0.29) is 23.9 Å². The van der Waals surface area contributed by atoms with Crippen molar-refractivity contribution >= 4 is 44.2 Å². The van der Waals surface area contributed by atoms with Gasteiger partial charge < -0.3 is 32.1 Å². The number of carbonyl (C=O) groups is 3. The normalized spacial score (nSPS) is 22.5. The smallest absolute Gasteiger partial charge is 0.463 e. The van der Waals surface area contributed by atoms with Crippen molar-refractivity contribution in [2.24, 2.45) is 5.92 Å². The second-order valence-corrected chi connectivity index (χ2v) is 10.5. The van der Waals surface area contributed by atoms with E-state index in [4.69, 9.17) is 32.1 Å². The van der Waals surface area contributed by atoms with Gasteiger partial charge in [0.05, 0.1) is 5.92 Å². The Labute approximate surface area is 240 Å². The summed E-state index contributed by atoms with van der Waals surface area (Å²) in [5, 5.41) is 0.588. The predicted octanol–water partition coefficient (Wildman–Crippen LogP) is 3.45. The molecule has 1 aliphatic heterocycles. The van der Waals surface area contributed by atoms with Gasteiger partial charge in [-0.3, -0.25) is 14.4 Å². The predicted molar refractivity (Wildman–Crippen MR) is 142 cm³/mol. The van der Waals surface area contributed by atoms with Crippen LogP contribution in [0.4, 0.5) is 0 Å². The van der Waals surface area contributed by atoms with Crippen molar-refractivity contribution in [3.8, 4) is 17.2 Å². The third kappa shape index (κ3) is 8.83. The minimum absolute atomic E-state index is 0.0418. The fraction of sp³-hybridized carbons (Fsp3) is 0.423. The zero-order valence-corrected chi connectivity index (χ0v) is 24.5. The third-order valence-corrected chi connectivity index (χ3v) is 6.99. The number of esters is 3. The van der Waals surface area contributed by atoms with Gasteiger partial charge in [-0.15, -0.1) is 8.42 Å². The lowest BCUT2D eigenvalue weighted by molar-refractivity contribution is -0.267. The van der Waals surface area contributed by atoms with Crippen molar-refractivity contribution in [1.29, 1.82) is 0 Å². The summed E-state index contributed by atoms with van der Waals surface area (Å²) in [6, 6.07) is 12.2. The molecular formula is C26H29BrO12S. The van der Waals surface area contributed by atoms with Gasteiger partial charge in [-0.2, -0.15) is 0 Å². The lowest BCUT2D eigenvalue weighted by Crippen LogP contribution is -2.59. The first-order valence-corrected chi connectivity index (χ1v) is 14.5. The molecule has 0 spiro atoms.